The third-order valence-corrected chi connectivity index (χ3v) is 3.73. The first-order chi connectivity index (χ1) is 9.53. The van der Waals surface area contributed by atoms with Crippen molar-refractivity contribution in [2.24, 2.45) is 0 Å². The van der Waals surface area contributed by atoms with Gasteiger partial charge >= 0.3 is 0 Å². The highest BCUT2D eigenvalue weighted by Gasteiger charge is 2.34. The molecule has 1 aliphatic rings. The normalized spacial score (nSPS) is 18.2. The molecular weight excluding hydrogens is 282 g/mol. The Hall–Kier alpha value is -1.83. The Morgan fingerprint density at radius 1 is 1.35 bits per heavy atom. The minimum Gasteiger partial charge on any atom is -0.481 e. The molecule has 1 fully saturated rings. The van der Waals surface area contributed by atoms with Crippen molar-refractivity contribution in [2.75, 3.05) is 25.7 Å². The molecule has 1 aliphatic heterocycles. The van der Waals surface area contributed by atoms with Gasteiger partial charge in [0.05, 0.1) is 20.3 Å². The van der Waals surface area contributed by atoms with Crippen molar-refractivity contribution in [3.8, 4) is 11.8 Å². The fraction of sp³-hybridized carbons (Fsp3) is 0.500. The van der Waals surface area contributed by atoms with E-state index in [1.807, 2.05) is 0 Å². The molecule has 20 heavy (non-hydrogen) atoms. The summed E-state index contributed by atoms with van der Waals surface area (Å²) in [6.07, 6.45) is 0.299. The van der Waals surface area contributed by atoms with Gasteiger partial charge in [0.2, 0.25) is 23.6 Å². The highest BCUT2D eigenvalue weighted by atomic mass is 32.2. The van der Waals surface area contributed by atoms with E-state index in [9.17, 15) is 9.59 Å². The SMILES string of the molecule is COc1cc(OC)nc(N2CC(SC(C)=O)CC2=O)n1. The predicted molar refractivity (Wildman–Crippen MR) is 74.2 cm³/mol. The summed E-state index contributed by atoms with van der Waals surface area (Å²) >= 11 is 1.16. The first-order valence-corrected chi connectivity index (χ1v) is 6.86. The molecule has 0 N–H and O–H groups in total. The molecule has 8 heteroatoms. The maximum Gasteiger partial charge on any atom is 0.238 e. The number of rotatable bonds is 4. The summed E-state index contributed by atoms with van der Waals surface area (Å²) in [5.74, 6) is 0.765. The van der Waals surface area contributed by atoms with Crippen LogP contribution in [0.2, 0.25) is 0 Å². The van der Waals surface area contributed by atoms with Crippen LogP contribution in [0.4, 0.5) is 5.95 Å². The van der Waals surface area contributed by atoms with Gasteiger partial charge < -0.3 is 9.47 Å². The number of nitrogens with zero attached hydrogens (tertiary/aromatic N) is 3. The molecule has 0 saturated carbocycles. The Balaban J connectivity index is 2.23. The van der Waals surface area contributed by atoms with Crippen molar-refractivity contribution < 1.29 is 19.1 Å². The molecule has 1 atom stereocenters. The quantitative estimate of drug-likeness (QED) is 0.815. The molecule has 0 spiro atoms. The number of amides is 1. The lowest BCUT2D eigenvalue weighted by atomic mass is 10.4. The number of hydrogen-bond donors (Lipinski definition) is 0. The summed E-state index contributed by atoms with van der Waals surface area (Å²) in [7, 11) is 2.96. The minimum absolute atomic E-state index is 0.00575. The van der Waals surface area contributed by atoms with Gasteiger partial charge in [-0.05, 0) is 0 Å². The number of carbonyl (C=O) groups is 2. The standard InChI is InChI=1S/C12H15N3O4S/c1-7(16)20-8-4-11(17)15(6-8)12-13-9(18-2)5-10(14-12)19-3/h5,8H,4,6H2,1-3H3. The molecule has 0 radical (unpaired) electrons. The lowest BCUT2D eigenvalue weighted by molar-refractivity contribution is -0.117. The Morgan fingerprint density at radius 3 is 2.45 bits per heavy atom. The summed E-state index contributed by atoms with van der Waals surface area (Å²) in [5, 5.41) is -0.0745. The monoisotopic (exact) mass is 297 g/mol. The second kappa shape index (κ2) is 6.08. The van der Waals surface area contributed by atoms with E-state index < -0.39 is 0 Å². The first-order valence-electron chi connectivity index (χ1n) is 5.98. The predicted octanol–water partition coefficient (Wildman–Crippen LogP) is 0.879. The van der Waals surface area contributed by atoms with Crippen LogP contribution < -0.4 is 14.4 Å². The van der Waals surface area contributed by atoms with Gasteiger partial charge in [0, 0.05) is 25.1 Å². The van der Waals surface area contributed by atoms with Crippen molar-refractivity contribution in [3.63, 3.8) is 0 Å². The molecule has 1 amide bonds. The molecule has 2 heterocycles. The average molecular weight is 297 g/mol. The molecule has 1 aromatic rings. The number of anilines is 1. The molecule has 1 aromatic heterocycles. The summed E-state index contributed by atoms with van der Waals surface area (Å²) < 4.78 is 10.1. The van der Waals surface area contributed by atoms with Crippen molar-refractivity contribution in [1.29, 1.82) is 0 Å². The van der Waals surface area contributed by atoms with Crippen LogP contribution in [0.1, 0.15) is 13.3 Å². The van der Waals surface area contributed by atoms with Crippen LogP contribution in [0.5, 0.6) is 11.8 Å². The lowest BCUT2D eigenvalue weighted by Crippen LogP contribution is -2.27. The number of thioether (sulfide) groups is 1. The number of carbonyl (C=O) groups excluding carboxylic acids is 2. The fourth-order valence-electron chi connectivity index (χ4n) is 1.90. The van der Waals surface area contributed by atoms with E-state index in [2.05, 4.69) is 9.97 Å². The zero-order valence-electron chi connectivity index (χ0n) is 11.5. The number of aromatic nitrogens is 2. The molecule has 108 valence electrons. The molecular formula is C12H15N3O4S. The van der Waals surface area contributed by atoms with E-state index >= 15 is 0 Å². The summed E-state index contributed by atoms with van der Waals surface area (Å²) in [6, 6.07) is 1.53. The van der Waals surface area contributed by atoms with Gasteiger partial charge in [0.1, 0.15) is 0 Å². The second-order valence-corrected chi connectivity index (χ2v) is 5.67. The first kappa shape index (κ1) is 14.6. The van der Waals surface area contributed by atoms with Crippen LogP contribution in [-0.2, 0) is 9.59 Å². The number of ether oxygens (including phenoxy) is 2. The largest absolute Gasteiger partial charge is 0.481 e. The maximum absolute atomic E-state index is 12.0. The molecule has 0 aromatic carbocycles. The van der Waals surface area contributed by atoms with Crippen molar-refractivity contribution >= 4 is 28.7 Å². The Bertz CT molecular complexity index is 515. The highest BCUT2D eigenvalue weighted by molar-refractivity contribution is 8.14. The highest BCUT2D eigenvalue weighted by Crippen LogP contribution is 2.28. The van der Waals surface area contributed by atoms with Crippen LogP contribution in [0.3, 0.4) is 0 Å². The van der Waals surface area contributed by atoms with Gasteiger partial charge in [-0.25, -0.2) is 0 Å². The lowest BCUT2D eigenvalue weighted by Gasteiger charge is -2.15. The zero-order chi connectivity index (χ0) is 14.7. The van der Waals surface area contributed by atoms with Crippen LogP contribution >= 0.6 is 11.8 Å². The van der Waals surface area contributed by atoms with E-state index in [4.69, 9.17) is 9.47 Å². The Labute approximate surface area is 120 Å². The molecule has 1 unspecified atom stereocenters. The zero-order valence-corrected chi connectivity index (χ0v) is 12.3. The van der Waals surface area contributed by atoms with E-state index in [-0.39, 0.29) is 22.2 Å². The third kappa shape index (κ3) is 3.19. The smallest absolute Gasteiger partial charge is 0.238 e. The van der Waals surface area contributed by atoms with Crippen molar-refractivity contribution in [2.45, 2.75) is 18.6 Å². The van der Waals surface area contributed by atoms with E-state index in [0.29, 0.717) is 24.7 Å². The maximum atomic E-state index is 12.0. The molecule has 1 saturated heterocycles. The third-order valence-electron chi connectivity index (χ3n) is 2.75. The van der Waals surface area contributed by atoms with Crippen LogP contribution in [-0.4, -0.2) is 47.0 Å². The van der Waals surface area contributed by atoms with Gasteiger partial charge in [0.25, 0.3) is 0 Å². The van der Waals surface area contributed by atoms with Gasteiger partial charge in [-0.2, -0.15) is 9.97 Å². The van der Waals surface area contributed by atoms with E-state index in [1.54, 1.807) is 0 Å². The van der Waals surface area contributed by atoms with Gasteiger partial charge in [-0.1, -0.05) is 11.8 Å². The summed E-state index contributed by atoms with van der Waals surface area (Å²) in [5.41, 5.74) is 0. The molecule has 0 bridgehead atoms. The van der Waals surface area contributed by atoms with E-state index in [1.165, 1.54) is 32.1 Å². The van der Waals surface area contributed by atoms with Crippen LogP contribution in [0.25, 0.3) is 0 Å². The van der Waals surface area contributed by atoms with Crippen LogP contribution in [0, 0.1) is 0 Å². The molecule has 7 nitrogen and oxygen atoms in total. The topological polar surface area (TPSA) is 81.6 Å². The second-order valence-electron chi connectivity index (χ2n) is 4.19. The minimum atomic E-state index is -0.112. The molecule has 2 rings (SSSR count). The average Bonchev–Trinajstić information content (AvgIpc) is 2.78. The fourth-order valence-corrected chi connectivity index (χ4v) is 2.82. The number of methoxy groups -OCH3 is 2. The Kier molecular flexibility index (Phi) is 4.43. The Morgan fingerprint density at radius 2 is 1.95 bits per heavy atom. The summed E-state index contributed by atoms with van der Waals surface area (Å²) in [6.45, 7) is 1.89. The van der Waals surface area contributed by atoms with Crippen LogP contribution in [0.15, 0.2) is 6.07 Å². The number of hydrogen-bond acceptors (Lipinski definition) is 7. The van der Waals surface area contributed by atoms with Gasteiger partial charge in [-0.3, -0.25) is 14.5 Å². The molecule has 0 aliphatic carbocycles. The van der Waals surface area contributed by atoms with E-state index in [0.717, 1.165) is 11.8 Å². The van der Waals surface area contributed by atoms with Crippen molar-refractivity contribution in [1.82, 2.24) is 9.97 Å². The van der Waals surface area contributed by atoms with Gasteiger partial charge in [-0.15, -0.1) is 0 Å². The van der Waals surface area contributed by atoms with Gasteiger partial charge in [0.15, 0.2) is 5.12 Å². The van der Waals surface area contributed by atoms with Crippen molar-refractivity contribution in [3.05, 3.63) is 6.07 Å². The summed E-state index contributed by atoms with van der Waals surface area (Å²) in [4.78, 5) is 32.9.